The summed E-state index contributed by atoms with van der Waals surface area (Å²) in [5.74, 6) is -0.126. The molecule has 0 atom stereocenters. The highest BCUT2D eigenvalue weighted by atomic mass is 16.5. The van der Waals surface area contributed by atoms with E-state index in [1.807, 2.05) is 62.6 Å². The molecule has 0 aliphatic rings. The first-order chi connectivity index (χ1) is 13.2. The van der Waals surface area contributed by atoms with Crippen LogP contribution in [0.25, 0.3) is 22.5 Å². The highest BCUT2D eigenvalue weighted by molar-refractivity contribution is 5.87. The Balaban J connectivity index is 0.00000102. The number of nitrogens with zero attached hydrogens (tertiary/aromatic N) is 3. The highest BCUT2D eigenvalue weighted by Gasteiger charge is 2.13. The van der Waals surface area contributed by atoms with Crippen LogP contribution in [0.5, 0.6) is 0 Å². The number of imidazole rings is 1. The van der Waals surface area contributed by atoms with Crippen LogP contribution in [0, 0.1) is 0 Å². The number of carbonyl (C=O) groups is 1. The maximum Gasteiger partial charge on any atom is 0.360 e. The molecule has 0 saturated carbocycles. The van der Waals surface area contributed by atoms with Gasteiger partial charge < -0.3 is 13.7 Å². The van der Waals surface area contributed by atoms with E-state index in [-0.39, 0.29) is 5.69 Å². The van der Waals surface area contributed by atoms with Gasteiger partial charge in [-0.2, -0.15) is 0 Å². The van der Waals surface area contributed by atoms with E-state index in [0.717, 1.165) is 28.7 Å². The minimum Gasteiger partial charge on any atom is -0.464 e. The zero-order valence-electron chi connectivity index (χ0n) is 15.5. The van der Waals surface area contributed by atoms with E-state index in [2.05, 4.69) is 25.3 Å². The fourth-order valence-corrected chi connectivity index (χ4v) is 2.69. The van der Waals surface area contributed by atoms with Crippen LogP contribution in [0.15, 0.2) is 65.5 Å². The second kappa shape index (κ2) is 8.31. The molecule has 0 aliphatic carbocycles. The van der Waals surface area contributed by atoms with Gasteiger partial charge in [-0.25, -0.2) is 14.8 Å². The van der Waals surface area contributed by atoms with Crippen molar-refractivity contribution >= 4 is 17.0 Å². The van der Waals surface area contributed by atoms with Crippen molar-refractivity contribution in [1.29, 1.82) is 0 Å². The molecule has 2 heterocycles. The molecule has 0 N–H and O–H groups in total. The third-order valence-electron chi connectivity index (χ3n) is 3.98. The lowest BCUT2D eigenvalue weighted by molar-refractivity contribution is 0.0594. The van der Waals surface area contributed by atoms with Crippen LogP contribution in [0.1, 0.15) is 29.9 Å². The van der Waals surface area contributed by atoms with Gasteiger partial charge in [0.1, 0.15) is 6.26 Å². The van der Waals surface area contributed by atoms with E-state index in [9.17, 15) is 4.79 Å². The fourth-order valence-electron chi connectivity index (χ4n) is 2.69. The fraction of sp³-hybridized carbons (Fsp3) is 0.190. The van der Waals surface area contributed by atoms with E-state index in [1.54, 1.807) is 0 Å². The molecule has 0 aliphatic heterocycles. The summed E-state index contributed by atoms with van der Waals surface area (Å²) >= 11 is 0. The molecular formula is C21H21N3O3. The number of methoxy groups -OCH3 is 1. The van der Waals surface area contributed by atoms with Gasteiger partial charge in [0.15, 0.2) is 5.69 Å². The van der Waals surface area contributed by atoms with Crippen molar-refractivity contribution in [3.05, 3.63) is 72.4 Å². The average molecular weight is 363 g/mol. The van der Waals surface area contributed by atoms with Crippen LogP contribution < -0.4 is 0 Å². The summed E-state index contributed by atoms with van der Waals surface area (Å²) in [6, 6.07) is 15.9. The van der Waals surface area contributed by atoms with Crippen molar-refractivity contribution in [3.8, 4) is 11.5 Å². The molecule has 2 aromatic carbocycles. The van der Waals surface area contributed by atoms with Gasteiger partial charge in [-0.05, 0) is 29.8 Å². The second-order valence-corrected chi connectivity index (χ2v) is 5.59. The Morgan fingerprint density at radius 2 is 1.85 bits per heavy atom. The summed E-state index contributed by atoms with van der Waals surface area (Å²) < 4.78 is 12.1. The van der Waals surface area contributed by atoms with Gasteiger partial charge in [0.05, 0.1) is 24.5 Å². The van der Waals surface area contributed by atoms with Crippen molar-refractivity contribution in [1.82, 2.24) is 14.5 Å². The largest absolute Gasteiger partial charge is 0.464 e. The molecule has 0 spiro atoms. The van der Waals surface area contributed by atoms with E-state index in [1.165, 1.54) is 13.4 Å². The molecule has 138 valence electrons. The van der Waals surface area contributed by atoms with Crippen molar-refractivity contribution in [2.24, 2.45) is 0 Å². The Labute approximate surface area is 157 Å². The van der Waals surface area contributed by atoms with E-state index < -0.39 is 5.97 Å². The summed E-state index contributed by atoms with van der Waals surface area (Å²) in [5.41, 5.74) is 4.17. The predicted octanol–water partition coefficient (Wildman–Crippen LogP) is 4.55. The number of hydrogen-bond acceptors (Lipinski definition) is 5. The second-order valence-electron chi connectivity index (χ2n) is 5.59. The maximum atomic E-state index is 11.4. The number of oxazole rings is 1. The molecule has 0 bridgehead atoms. The van der Waals surface area contributed by atoms with Crippen LogP contribution in [-0.2, 0) is 11.3 Å². The number of aromatic nitrogens is 3. The SMILES string of the molecule is CC.COC(=O)c1coc(-c2ccc(Cn3cnc4ccccc43)cc2)n1. The van der Waals surface area contributed by atoms with Crippen LogP contribution in [-0.4, -0.2) is 27.6 Å². The number of para-hydroxylation sites is 2. The van der Waals surface area contributed by atoms with Gasteiger partial charge >= 0.3 is 5.97 Å². The van der Waals surface area contributed by atoms with Gasteiger partial charge in [-0.15, -0.1) is 0 Å². The lowest BCUT2D eigenvalue weighted by atomic mass is 10.1. The first-order valence-corrected chi connectivity index (χ1v) is 8.77. The Morgan fingerprint density at radius 1 is 1.11 bits per heavy atom. The smallest absolute Gasteiger partial charge is 0.360 e. The third kappa shape index (κ3) is 3.89. The Morgan fingerprint density at radius 3 is 2.59 bits per heavy atom. The summed E-state index contributed by atoms with van der Waals surface area (Å²) in [6.07, 6.45) is 3.14. The Bertz CT molecular complexity index is 1030. The zero-order chi connectivity index (χ0) is 19.2. The standard InChI is InChI=1S/C19H15N3O3.C2H6/c1-24-19(23)16-11-25-18(21-16)14-8-6-13(7-9-14)10-22-12-20-15-4-2-3-5-17(15)22;1-2/h2-9,11-12H,10H2,1H3;1-2H3. The minimum atomic E-state index is -0.515. The normalized spacial score (nSPS) is 10.3. The number of carbonyl (C=O) groups excluding carboxylic acids is 1. The first kappa shape index (κ1) is 18.4. The summed E-state index contributed by atoms with van der Waals surface area (Å²) in [6.45, 7) is 4.72. The van der Waals surface area contributed by atoms with Crippen molar-refractivity contribution in [2.45, 2.75) is 20.4 Å². The number of hydrogen-bond donors (Lipinski definition) is 0. The van der Waals surface area contributed by atoms with E-state index in [4.69, 9.17) is 4.42 Å². The molecule has 2 aromatic heterocycles. The summed E-state index contributed by atoms with van der Waals surface area (Å²) in [4.78, 5) is 20.0. The molecule has 0 amide bonds. The molecule has 27 heavy (non-hydrogen) atoms. The van der Waals surface area contributed by atoms with Gasteiger partial charge in [-0.3, -0.25) is 0 Å². The topological polar surface area (TPSA) is 70.2 Å². The zero-order valence-corrected chi connectivity index (χ0v) is 15.5. The van der Waals surface area contributed by atoms with Crippen LogP contribution in [0.3, 0.4) is 0 Å². The Hall–Kier alpha value is -3.41. The van der Waals surface area contributed by atoms with Crippen molar-refractivity contribution < 1.29 is 13.9 Å². The summed E-state index contributed by atoms with van der Waals surface area (Å²) in [7, 11) is 1.31. The number of rotatable bonds is 4. The summed E-state index contributed by atoms with van der Waals surface area (Å²) in [5, 5.41) is 0. The predicted molar refractivity (Wildman–Crippen MR) is 103 cm³/mol. The molecule has 0 saturated heterocycles. The van der Waals surface area contributed by atoms with Gasteiger partial charge in [0.2, 0.25) is 5.89 Å². The lowest BCUT2D eigenvalue weighted by Gasteiger charge is -2.05. The number of esters is 1. The number of ether oxygens (including phenoxy) is 1. The quantitative estimate of drug-likeness (QED) is 0.497. The van der Waals surface area contributed by atoms with Gasteiger partial charge in [0.25, 0.3) is 0 Å². The van der Waals surface area contributed by atoms with Crippen LogP contribution >= 0.6 is 0 Å². The highest BCUT2D eigenvalue weighted by Crippen LogP contribution is 2.21. The maximum absolute atomic E-state index is 11.4. The van der Waals surface area contributed by atoms with Crippen molar-refractivity contribution in [2.75, 3.05) is 7.11 Å². The van der Waals surface area contributed by atoms with Gasteiger partial charge in [-0.1, -0.05) is 38.1 Å². The molecule has 6 heteroatoms. The lowest BCUT2D eigenvalue weighted by Crippen LogP contribution is -2.01. The van der Waals surface area contributed by atoms with Crippen molar-refractivity contribution in [3.63, 3.8) is 0 Å². The molecular weight excluding hydrogens is 342 g/mol. The molecule has 0 fully saturated rings. The monoisotopic (exact) mass is 363 g/mol. The number of benzene rings is 2. The molecule has 4 rings (SSSR count). The first-order valence-electron chi connectivity index (χ1n) is 8.77. The van der Waals surface area contributed by atoms with E-state index in [0.29, 0.717) is 5.89 Å². The average Bonchev–Trinajstić information content (AvgIpc) is 3.38. The Kier molecular flexibility index (Phi) is 5.66. The third-order valence-corrected chi connectivity index (χ3v) is 3.98. The number of fused-ring (bicyclic) bond motifs is 1. The van der Waals surface area contributed by atoms with Crippen LogP contribution in [0.4, 0.5) is 0 Å². The molecule has 6 nitrogen and oxygen atoms in total. The molecule has 0 unspecified atom stereocenters. The minimum absolute atomic E-state index is 0.159. The van der Waals surface area contributed by atoms with Gasteiger partial charge in [0, 0.05) is 12.1 Å². The van der Waals surface area contributed by atoms with E-state index >= 15 is 0 Å². The van der Waals surface area contributed by atoms with Crippen LogP contribution in [0.2, 0.25) is 0 Å². The molecule has 4 aromatic rings. The molecule has 0 radical (unpaired) electrons.